The van der Waals surface area contributed by atoms with Crippen LogP contribution in [-0.2, 0) is 9.53 Å². The summed E-state index contributed by atoms with van der Waals surface area (Å²) in [5.74, 6) is -0.303. The number of para-hydroxylation sites is 1. The molecule has 0 aliphatic carbocycles. The predicted octanol–water partition coefficient (Wildman–Crippen LogP) is 1.29. The highest BCUT2D eigenvalue weighted by Crippen LogP contribution is 2.35. The average Bonchev–Trinajstić information content (AvgIpc) is 2.49. The molecule has 1 N–H and O–H groups in total. The third-order valence-corrected chi connectivity index (χ3v) is 2.81. The van der Waals surface area contributed by atoms with Crippen LogP contribution in [0.25, 0.3) is 0 Å². The summed E-state index contributed by atoms with van der Waals surface area (Å²) in [6, 6.07) is 7.20. The van der Waals surface area contributed by atoms with Gasteiger partial charge in [0.05, 0.1) is 25.7 Å². The fraction of sp³-hybridized carbons (Fsp3) is 0.417. The van der Waals surface area contributed by atoms with E-state index in [1.54, 1.807) is 12.1 Å². The van der Waals surface area contributed by atoms with Crippen LogP contribution in [0, 0.1) is 5.92 Å². The van der Waals surface area contributed by atoms with Crippen molar-refractivity contribution in [1.29, 1.82) is 0 Å². The fourth-order valence-corrected chi connectivity index (χ4v) is 1.92. The van der Waals surface area contributed by atoms with Crippen molar-refractivity contribution in [2.75, 3.05) is 13.7 Å². The number of carbonyl (C=O) groups excluding carboxylic acids is 1. The number of fused-ring (bicyclic) bond motifs is 1. The van der Waals surface area contributed by atoms with Crippen molar-refractivity contribution >= 4 is 5.97 Å². The van der Waals surface area contributed by atoms with Gasteiger partial charge in [-0.05, 0) is 12.5 Å². The molecule has 2 atom stereocenters. The van der Waals surface area contributed by atoms with Gasteiger partial charge in [0.15, 0.2) is 0 Å². The predicted molar refractivity (Wildman–Crippen MR) is 57.0 cm³/mol. The molecule has 0 fully saturated rings. The number of aliphatic hydroxyl groups is 1. The summed E-state index contributed by atoms with van der Waals surface area (Å²) in [6.45, 7) is 0.411. The van der Waals surface area contributed by atoms with Crippen molar-refractivity contribution in [2.24, 2.45) is 5.92 Å². The molecule has 0 aromatic heterocycles. The van der Waals surface area contributed by atoms with Crippen LogP contribution < -0.4 is 4.74 Å². The molecule has 1 aliphatic heterocycles. The van der Waals surface area contributed by atoms with Crippen molar-refractivity contribution in [1.82, 2.24) is 0 Å². The molecule has 1 aromatic carbocycles. The lowest BCUT2D eigenvalue weighted by molar-refractivity contribution is -0.150. The highest BCUT2D eigenvalue weighted by Gasteiger charge is 2.32. The van der Waals surface area contributed by atoms with Gasteiger partial charge in [0.1, 0.15) is 5.75 Å². The Bertz CT molecular complexity index is 388. The lowest BCUT2D eigenvalue weighted by Gasteiger charge is -2.17. The van der Waals surface area contributed by atoms with E-state index in [9.17, 15) is 9.90 Å². The van der Waals surface area contributed by atoms with Crippen molar-refractivity contribution in [2.45, 2.75) is 12.5 Å². The number of aliphatic hydroxyl groups excluding tert-OH is 1. The molecule has 86 valence electrons. The second-order valence-electron chi connectivity index (χ2n) is 3.75. The third kappa shape index (κ3) is 1.88. The first kappa shape index (κ1) is 11.0. The molecule has 1 aliphatic rings. The summed E-state index contributed by atoms with van der Waals surface area (Å²) < 4.78 is 10.2. The topological polar surface area (TPSA) is 55.8 Å². The van der Waals surface area contributed by atoms with E-state index < -0.39 is 18.0 Å². The van der Waals surface area contributed by atoms with Gasteiger partial charge in [-0.2, -0.15) is 0 Å². The van der Waals surface area contributed by atoms with E-state index in [-0.39, 0.29) is 0 Å². The number of ether oxygens (including phenoxy) is 2. The number of rotatable bonds is 1. The van der Waals surface area contributed by atoms with E-state index in [2.05, 4.69) is 4.74 Å². The Morgan fingerprint density at radius 3 is 3.00 bits per heavy atom. The van der Waals surface area contributed by atoms with Crippen LogP contribution in [0.5, 0.6) is 5.75 Å². The molecule has 0 spiro atoms. The Hall–Kier alpha value is -1.55. The highest BCUT2D eigenvalue weighted by molar-refractivity contribution is 5.73. The van der Waals surface area contributed by atoms with Gasteiger partial charge in [-0.3, -0.25) is 4.79 Å². The molecular formula is C12H14O4. The van der Waals surface area contributed by atoms with Crippen LogP contribution in [0.3, 0.4) is 0 Å². The number of hydrogen-bond acceptors (Lipinski definition) is 4. The minimum absolute atomic E-state index is 0.396. The Labute approximate surface area is 93.8 Å². The van der Waals surface area contributed by atoms with E-state index in [1.165, 1.54) is 7.11 Å². The summed E-state index contributed by atoms with van der Waals surface area (Å²) in [5.41, 5.74) is 0.649. The monoisotopic (exact) mass is 222 g/mol. The van der Waals surface area contributed by atoms with E-state index in [1.807, 2.05) is 12.1 Å². The van der Waals surface area contributed by atoms with Crippen LogP contribution in [-0.4, -0.2) is 24.8 Å². The normalized spacial score (nSPS) is 23.9. The standard InChI is InChI=1S/C12H14O4/c1-15-12(14)9-6-7-16-10-5-3-2-4-8(10)11(9)13/h2-5,9,11,13H,6-7H2,1H3. The molecule has 1 heterocycles. The Morgan fingerprint density at radius 2 is 2.25 bits per heavy atom. The Kier molecular flexibility index (Phi) is 3.10. The Morgan fingerprint density at radius 1 is 1.50 bits per heavy atom. The number of methoxy groups -OCH3 is 1. The lowest BCUT2D eigenvalue weighted by atomic mass is 9.94. The van der Waals surface area contributed by atoms with Gasteiger partial charge in [-0.25, -0.2) is 0 Å². The SMILES string of the molecule is COC(=O)C1CCOc2ccccc2C1O. The van der Waals surface area contributed by atoms with Gasteiger partial charge in [0.2, 0.25) is 0 Å². The van der Waals surface area contributed by atoms with Crippen LogP contribution in [0.1, 0.15) is 18.1 Å². The van der Waals surface area contributed by atoms with Gasteiger partial charge in [0, 0.05) is 5.56 Å². The molecule has 0 saturated carbocycles. The van der Waals surface area contributed by atoms with Crippen LogP contribution in [0.15, 0.2) is 24.3 Å². The molecule has 0 bridgehead atoms. The van der Waals surface area contributed by atoms with E-state index in [4.69, 9.17) is 4.74 Å². The molecule has 1 aromatic rings. The molecular weight excluding hydrogens is 208 g/mol. The van der Waals surface area contributed by atoms with Crippen molar-refractivity contribution in [3.05, 3.63) is 29.8 Å². The van der Waals surface area contributed by atoms with E-state index in [0.717, 1.165) is 0 Å². The molecule has 2 unspecified atom stereocenters. The first-order valence-corrected chi connectivity index (χ1v) is 5.21. The van der Waals surface area contributed by atoms with Gasteiger partial charge < -0.3 is 14.6 Å². The van der Waals surface area contributed by atoms with E-state index in [0.29, 0.717) is 24.3 Å². The summed E-state index contributed by atoms with van der Waals surface area (Å²) >= 11 is 0. The summed E-state index contributed by atoms with van der Waals surface area (Å²) in [4.78, 5) is 11.5. The molecule has 16 heavy (non-hydrogen) atoms. The molecule has 0 radical (unpaired) electrons. The molecule has 0 saturated heterocycles. The maximum atomic E-state index is 11.5. The van der Waals surface area contributed by atoms with Crippen molar-refractivity contribution in [3.63, 3.8) is 0 Å². The maximum absolute atomic E-state index is 11.5. The number of esters is 1. The first-order chi connectivity index (χ1) is 7.74. The first-order valence-electron chi connectivity index (χ1n) is 5.21. The second-order valence-corrected chi connectivity index (χ2v) is 3.75. The molecule has 4 heteroatoms. The van der Waals surface area contributed by atoms with Gasteiger partial charge in [-0.1, -0.05) is 18.2 Å². The van der Waals surface area contributed by atoms with Crippen LogP contribution in [0.4, 0.5) is 0 Å². The smallest absolute Gasteiger partial charge is 0.311 e. The minimum atomic E-state index is -0.855. The van der Waals surface area contributed by atoms with Crippen LogP contribution in [0.2, 0.25) is 0 Å². The zero-order valence-corrected chi connectivity index (χ0v) is 9.05. The zero-order chi connectivity index (χ0) is 11.5. The number of benzene rings is 1. The van der Waals surface area contributed by atoms with Crippen LogP contribution >= 0.6 is 0 Å². The van der Waals surface area contributed by atoms with Crippen molar-refractivity contribution < 1.29 is 19.4 Å². The van der Waals surface area contributed by atoms with Gasteiger partial charge in [0.25, 0.3) is 0 Å². The van der Waals surface area contributed by atoms with E-state index >= 15 is 0 Å². The van der Waals surface area contributed by atoms with Crippen molar-refractivity contribution in [3.8, 4) is 5.75 Å². The Balaban J connectivity index is 2.33. The molecule has 4 nitrogen and oxygen atoms in total. The maximum Gasteiger partial charge on any atom is 0.311 e. The quantitative estimate of drug-likeness (QED) is 0.727. The summed E-state index contributed by atoms with van der Waals surface area (Å²) in [7, 11) is 1.33. The lowest BCUT2D eigenvalue weighted by Crippen LogP contribution is -2.23. The zero-order valence-electron chi connectivity index (χ0n) is 9.05. The highest BCUT2D eigenvalue weighted by atomic mass is 16.5. The minimum Gasteiger partial charge on any atom is -0.493 e. The number of hydrogen-bond donors (Lipinski definition) is 1. The summed E-state index contributed by atoms with van der Waals surface area (Å²) in [5, 5.41) is 10.1. The average molecular weight is 222 g/mol. The van der Waals surface area contributed by atoms with Gasteiger partial charge in [-0.15, -0.1) is 0 Å². The molecule has 0 amide bonds. The summed E-state index contributed by atoms with van der Waals surface area (Å²) in [6.07, 6.45) is -0.395. The number of carbonyl (C=O) groups is 1. The van der Waals surface area contributed by atoms with Gasteiger partial charge >= 0.3 is 5.97 Å². The largest absolute Gasteiger partial charge is 0.493 e. The fourth-order valence-electron chi connectivity index (χ4n) is 1.92. The second kappa shape index (κ2) is 4.53. The third-order valence-electron chi connectivity index (χ3n) is 2.81. The molecule has 2 rings (SSSR count).